The lowest BCUT2D eigenvalue weighted by atomic mass is 9.90. The summed E-state index contributed by atoms with van der Waals surface area (Å²) in [7, 11) is -3.49. The monoisotopic (exact) mass is 334 g/mol. The van der Waals surface area contributed by atoms with Gasteiger partial charge in [-0.1, -0.05) is 6.92 Å². The van der Waals surface area contributed by atoms with Crippen LogP contribution in [0, 0.1) is 0 Å². The lowest BCUT2D eigenvalue weighted by molar-refractivity contribution is -0.00802. The zero-order chi connectivity index (χ0) is 16.5. The molecule has 124 valence electrons. The van der Waals surface area contributed by atoms with Gasteiger partial charge in [-0.15, -0.1) is 0 Å². The molecular formula is C17H22N2O3S. The van der Waals surface area contributed by atoms with Crippen molar-refractivity contribution < 1.29 is 13.5 Å². The maximum atomic E-state index is 12.7. The van der Waals surface area contributed by atoms with Crippen LogP contribution in [0.15, 0.2) is 53.7 Å². The lowest BCUT2D eigenvalue weighted by Gasteiger charge is -2.36. The second-order valence-corrected chi connectivity index (χ2v) is 8.00. The highest BCUT2D eigenvalue weighted by Gasteiger charge is 2.35. The molecule has 1 aromatic heterocycles. The molecule has 0 saturated carbocycles. The van der Waals surface area contributed by atoms with Crippen molar-refractivity contribution in [2.45, 2.75) is 36.7 Å². The first-order valence-electron chi connectivity index (χ1n) is 7.91. The van der Waals surface area contributed by atoms with E-state index >= 15 is 0 Å². The van der Waals surface area contributed by atoms with E-state index in [1.54, 1.807) is 24.3 Å². The highest BCUT2D eigenvalue weighted by molar-refractivity contribution is 7.89. The zero-order valence-electron chi connectivity index (χ0n) is 13.2. The number of hydrogen-bond donors (Lipinski definition) is 1. The van der Waals surface area contributed by atoms with Gasteiger partial charge in [-0.05, 0) is 55.7 Å². The van der Waals surface area contributed by atoms with E-state index in [1.165, 1.54) is 4.31 Å². The van der Waals surface area contributed by atoms with E-state index < -0.39 is 15.6 Å². The predicted octanol–water partition coefficient (Wildman–Crippen LogP) is 2.40. The smallest absolute Gasteiger partial charge is 0.243 e. The summed E-state index contributed by atoms with van der Waals surface area (Å²) in [5, 5.41) is 10.3. The second kappa shape index (κ2) is 6.11. The minimum atomic E-state index is -3.49. The molecule has 5 nitrogen and oxygen atoms in total. The van der Waals surface area contributed by atoms with Gasteiger partial charge in [0.15, 0.2) is 0 Å². The van der Waals surface area contributed by atoms with E-state index in [4.69, 9.17) is 0 Å². The van der Waals surface area contributed by atoms with Gasteiger partial charge in [-0.25, -0.2) is 8.42 Å². The topological polar surface area (TPSA) is 62.5 Å². The summed E-state index contributed by atoms with van der Waals surface area (Å²) in [6, 6.07) is 10.7. The van der Waals surface area contributed by atoms with Gasteiger partial charge in [0.05, 0.1) is 10.5 Å². The average molecular weight is 334 g/mol. The maximum Gasteiger partial charge on any atom is 0.243 e. The van der Waals surface area contributed by atoms with Crippen molar-refractivity contribution >= 4 is 10.0 Å². The third-order valence-electron chi connectivity index (χ3n) is 4.69. The Kier molecular flexibility index (Phi) is 4.31. The third kappa shape index (κ3) is 3.20. The molecule has 0 radical (unpaired) electrons. The van der Waals surface area contributed by atoms with Crippen LogP contribution in [0.3, 0.4) is 0 Å². The Balaban J connectivity index is 1.78. The second-order valence-electron chi connectivity index (χ2n) is 6.07. The first-order chi connectivity index (χ1) is 10.9. The fourth-order valence-corrected chi connectivity index (χ4v) is 4.38. The normalized spacial score (nSPS) is 18.9. The van der Waals surface area contributed by atoms with E-state index in [2.05, 4.69) is 0 Å². The van der Waals surface area contributed by atoms with Crippen molar-refractivity contribution in [2.24, 2.45) is 0 Å². The summed E-state index contributed by atoms with van der Waals surface area (Å²) in [4.78, 5) is 0.301. The molecule has 0 amide bonds. The number of nitrogens with zero attached hydrogens (tertiary/aromatic N) is 2. The molecule has 2 aromatic rings. The van der Waals surface area contributed by atoms with Crippen LogP contribution in [0.1, 0.15) is 26.2 Å². The number of sulfonamides is 1. The van der Waals surface area contributed by atoms with Gasteiger partial charge in [0.25, 0.3) is 0 Å². The molecule has 2 heterocycles. The third-order valence-corrected chi connectivity index (χ3v) is 6.60. The quantitative estimate of drug-likeness (QED) is 0.934. The Morgan fingerprint density at radius 3 is 2.17 bits per heavy atom. The van der Waals surface area contributed by atoms with Crippen molar-refractivity contribution in [3.63, 3.8) is 0 Å². The van der Waals surface area contributed by atoms with Crippen LogP contribution < -0.4 is 0 Å². The molecule has 1 aliphatic rings. The number of piperidine rings is 1. The number of rotatable bonds is 4. The minimum absolute atomic E-state index is 0.301. The van der Waals surface area contributed by atoms with Gasteiger partial charge in [0, 0.05) is 31.2 Å². The van der Waals surface area contributed by atoms with Crippen molar-refractivity contribution in [1.29, 1.82) is 0 Å². The van der Waals surface area contributed by atoms with Crippen molar-refractivity contribution in [1.82, 2.24) is 8.87 Å². The fraction of sp³-hybridized carbons (Fsp3) is 0.412. The summed E-state index contributed by atoms with van der Waals surface area (Å²) in [5.41, 5.74) is 0.206. The number of aromatic nitrogens is 1. The van der Waals surface area contributed by atoms with Gasteiger partial charge in [-0.3, -0.25) is 0 Å². The average Bonchev–Trinajstić information content (AvgIpc) is 3.10. The summed E-state index contributed by atoms with van der Waals surface area (Å²) in [6.45, 7) is 2.67. The molecule has 0 spiro atoms. The first-order valence-corrected chi connectivity index (χ1v) is 9.35. The first kappa shape index (κ1) is 16.2. The Morgan fingerprint density at radius 2 is 1.65 bits per heavy atom. The number of hydrogen-bond acceptors (Lipinski definition) is 3. The van der Waals surface area contributed by atoms with Crippen LogP contribution in [0.25, 0.3) is 5.69 Å². The molecule has 1 N–H and O–H groups in total. The van der Waals surface area contributed by atoms with Gasteiger partial charge in [0.1, 0.15) is 0 Å². The lowest BCUT2D eigenvalue weighted by Crippen LogP contribution is -2.46. The summed E-state index contributed by atoms with van der Waals surface area (Å²) in [6.07, 6.45) is 5.47. The van der Waals surface area contributed by atoms with Crippen LogP contribution in [-0.4, -0.2) is 41.1 Å². The van der Waals surface area contributed by atoms with Gasteiger partial charge < -0.3 is 9.67 Å². The Labute approximate surface area is 137 Å². The van der Waals surface area contributed by atoms with E-state index in [9.17, 15) is 13.5 Å². The highest BCUT2D eigenvalue weighted by atomic mass is 32.2. The predicted molar refractivity (Wildman–Crippen MR) is 89.0 cm³/mol. The van der Waals surface area contributed by atoms with Crippen molar-refractivity contribution in [2.75, 3.05) is 13.1 Å². The summed E-state index contributed by atoms with van der Waals surface area (Å²) in [5.74, 6) is 0. The molecule has 1 aromatic carbocycles. The van der Waals surface area contributed by atoms with Gasteiger partial charge in [-0.2, -0.15) is 4.31 Å². The molecule has 1 saturated heterocycles. The minimum Gasteiger partial charge on any atom is -0.390 e. The Morgan fingerprint density at radius 1 is 1.09 bits per heavy atom. The van der Waals surface area contributed by atoms with E-state index in [1.807, 2.05) is 36.0 Å². The van der Waals surface area contributed by atoms with E-state index in [0.717, 1.165) is 5.69 Å². The highest BCUT2D eigenvalue weighted by Crippen LogP contribution is 2.29. The van der Waals surface area contributed by atoms with Crippen LogP contribution in [0.2, 0.25) is 0 Å². The fourth-order valence-electron chi connectivity index (χ4n) is 2.94. The molecule has 23 heavy (non-hydrogen) atoms. The molecule has 1 aliphatic heterocycles. The van der Waals surface area contributed by atoms with E-state index in [0.29, 0.717) is 37.2 Å². The molecule has 3 rings (SSSR count). The largest absolute Gasteiger partial charge is 0.390 e. The molecule has 1 fully saturated rings. The van der Waals surface area contributed by atoms with Crippen LogP contribution in [0.5, 0.6) is 0 Å². The summed E-state index contributed by atoms with van der Waals surface area (Å²) >= 11 is 0. The SMILES string of the molecule is CCC1(O)CCN(S(=O)(=O)c2ccc(-n3cccc3)cc2)CC1. The van der Waals surface area contributed by atoms with Gasteiger partial charge >= 0.3 is 0 Å². The number of benzene rings is 1. The summed E-state index contributed by atoms with van der Waals surface area (Å²) < 4.78 is 28.8. The molecule has 0 atom stereocenters. The molecule has 0 bridgehead atoms. The van der Waals surface area contributed by atoms with Crippen LogP contribution in [0.4, 0.5) is 0 Å². The Hall–Kier alpha value is -1.63. The maximum absolute atomic E-state index is 12.7. The van der Waals surface area contributed by atoms with Gasteiger partial charge in [0.2, 0.25) is 10.0 Å². The zero-order valence-corrected chi connectivity index (χ0v) is 14.0. The number of aliphatic hydroxyl groups is 1. The molecule has 0 aliphatic carbocycles. The Bertz CT molecular complexity index is 744. The molecule has 6 heteroatoms. The van der Waals surface area contributed by atoms with E-state index in [-0.39, 0.29) is 0 Å². The van der Waals surface area contributed by atoms with Crippen LogP contribution >= 0.6 is 0 Å². The van der Waals surface area contributed by atoms with Crippen molar-refractivity contribution in [3.05, 3.63) is 48.8 Å². The molecule has 0 unspecified atom stereocenters. The van der Waals surface area contributed by atoms with Crippen molar-refractivity contribution in [3.8, 4) is 5.69 Å². The standard InChI is InChI=1S/C17H22N2O3S/c1-2-17(20)9-13-19(14-10-17)23(21,22)16-7-5-15(6-8-16)18-11-3-4-12-18/h3-8,11-12,20H,2,9-10,13-14H2,1H3. The van der Waals surface area contributed by atoms with Crippen LogP contribution in [-0.2, 0) is 10.0 Å². The molecular weight excluding hydrogens is 312 g/mol.